The lowest BCUT2D eigenvalue weighted by Crippen LogP contribution is -2.42. The summed E-state index contributed by atoms with van der Waals surface area (Å²) in [5.41, 5.74) is 1.26. The normalized spacial score (nSPS) is 12.6. The number of carbonyl (C=O) groups is 6. The van der Waals surface area contributed by atoms with Gasteiger partial charge in [0.15, 0.2) is 5.41 Å². The molecule has 61 heavy (non-hydrogen) atoms. The van der Waals surface area contributed by atoms with Crippen molar-refractivity contribution in [1.82, 2.24) is 5.06 Å². The van der Waals surface area contributed by atoms with Crippen molar-refractivity contribution in [3.05, 3.63) is 108 Å². The van der Waals surface area contributed by atoms with Gasteiger partial charge in [0.2, 0.25) is 0 Å². The monoisotopic (exact) mass is 839 g/mol. The second-order valence-electron chi connectivity index (χ2n) is 16.1. The van der Waals surface area contributed by atoms with Crippen molar-refractivity contribution in [3.63, 3.8) is 0 Å². The Balaban J connectivity index is 1.21. The molecule has 4 rings (SSSR count). The molecule has 330 valence electrons. The lowest BCUT2D eigenvalue weighted by Gasteiger charge is -2.30. The number of hydrogen-bond donors (Lipinski definition) is 0. The number of hydrogen-bond acceptors (Lipinski definition) is 10. The Morgan fingerprint density at radius 2 is 0.754 bits per heavy atom. The molecule has 0 N–H and O–H groups in total. The van der Waals surface area contributed by atoms with Gasteiger partial charge < -0.3 is 19.0 Å². The van der Waals surface area contributed by atoms with Crippen molar-refractivity contribution >= 4 is 35.7 Å². The fraction of sp³-hybridized carbons (Fsp3) is 0.520. The van der Waals surface area contributed by atoms with E-state index < -0.39 is 35.1 Å². The molecule has 0 aliphatic carbocycles. The molecule has 0 unspecified atom stereocenters. The fourth-order valence-electron chi connectivity index (χ4n) is 7.47. The molecule has 1 fully saturated rings. The summed E-state index contributed by atoms with van der Waals surface area (Å²) in [4.78, 5) is 80.8. The predicted octanol–water partition coefficient (Wildman–Crippen LogP) is 10.6. The van der Waals surface area contributed by atoms with Crippen molar-refractivity contribution in [2.75, 3.05) is 0 Å². The maximum Gasteiger partial charge on any atom is 0.333 e. The first kappa shape index (κ1) is 48.3. The van der Waals surface area contributed by atoms with Crippen molar-refractivity contribution in [2.24, 2.45) is 5.41 Å². The van der Waals surface area contributed by atoms with Crippen molar-refractivity contribution < 1.29 is 47.8 Å². The molecule has 0 bridgehead atoms. The summed E-state index contributed by atoms with van der Waals surface area (Å²) in [5.74, 6) is -2.76. The van der Waals surface area contributed by atoms with Crippen LogP contribution in [0.4, 0.5) is 0 Å². The van der Waals surface area contributed by atoms with Crippen molar-refractivity contribution in [1.29, 1.82) is 0 Å². The third-order valence-electron chi connectivity index (χ3n) is 11.1. The quantitative estimate of drug-likeness (QED) is 0.0202. The number of hydroxylamine groups is 2. The molecule has 1 aliphatic heterocycles. The highest BCUT2D eigenvalue weighted by Gasteiger charge is 2.48. The molecule has 3 aromatic rings. The average molecular weight is 840 g/mol. The number of amides is 2. The lowest BCUT2D eigenvalue weighted by atomic mass is 9.77. The van der Waals surface area contributed by atoms with Crippen LogP contribution in [0.3, 0.4) is 0 Å². The van der Waals surface area contributed by atoms with Gasteiger partial charge in [0, 0.05) is 25.7 Å². The zero-order valence-corrected chi connectivity index (χ0v) is 35.9. The van der Waals surface area contributed by atoms with E-state index in [9.17, 15) is 28.8 Å². The van der Waals surface area contributed by atoms with Crippen LogP contribution in [0.1, 0.15) is 158 Å². The highest BCUT2D eigenvalue weighted by molar-refractivity contribution is 6.01. The van der Waals surface area contributed by atoms with Gasteiger partial charge in [0.1, 0.15) is 19.8 Å². The Bertz CT molecular complexity index is 1690. The summed E-state index contributed by atoms with van der Waals surface area (Å²) >= 11 is 0. The second kappa shape index (κ2) is 28.3. The van der Waals surface area contributed by atoms with E-state index in [1.54, 1.807) is 0 Å². The number of rotatable bonds is 31. The van der Waals surface area contributed by atoms with E-state index in [4.69, 9.17) is 19.0 Å². The van der Waals surface area contributed by atoms with Gasteiger partial charge in [-0.15, -0.1) is 5.06 Å². The van der Waals surface area contributed by atoms with Crippen LogP contribution in [0.25, 0.3) is 0 Å². The highest BCUT2D eigenvalue weighted by Crippen LogP contribution is 2.36. The zero-order chi connectivity index (χ0) is 43.4. The Hall–Kier alpha value is -5.32. The molecule has 11 heteroatoms. The predicted molar refractivity (Wildman–Crippen MR) is 231 cm³/mol. The zero-order valence-electron chi connectivity index (χ0n) is 35.9. The molecule has 1 heterocycles. The van der Waals surface area contributed by atoms with Crippen LogP contribution in [0.2, 0.25) is 0 Å². The number of nitrogens with zero attached hydrogens (tertiary/aromatic N) is 1. The average Bonchev–Trinajstić information content (AvgIpc) is 3.60. The smallest absolute Gasteiger partial charge is 0.333 e. The molecule has 0 aromatic heterocycles. The minimum Gasteiger partial charge on any atom is -0.461 e. The Labute approximate surface area is 361 Å². The minimum atomic E-state index is -1.42. The van der Waals surface area contributed by atoms with Gasteiger partial charge in [-0.05, 0) is 42.4 Å². The number of esters is 3. The largest absolute Gasteiger partial charge is 0.461 e. The number of carbonyl (C=O) groups excluding carboxylic acids is 6. The van der Waals surface area contributed by atoms with Gasteiger partial charge in [-0.25, -0.2) is 4.79 Å². The maximum absolute atomic E-state index is 14.1. The number of imide groups is 1. The van der Waals surface area contributed by atoms with Crippen molar-refractivity contribution in [3.8, 4) is 0 Å². The fourth-order valence-corrected chi connectivity index (χ4v) is 7.47. The van der Waals surface area contributed by atoms with Gasteiger partial charge in [-0.1, -0.05) is 181 Å². The molecule has 1 saturated heterocycles. The van der Waals surface area contributed by atoms with E-state index in [-0.39, 0.29) is 38.4 Å². The first-order chi connectivity index (χ1) is 29.8. The van der Waals surface area contributed by atoms with E-state index in [0.29, 0.717) is 50.2 Å². The summed E-state index contributed by atoms with van der Waals surface area (Å²) in [6, 6.07) is 28.6. The van der Waals surface area contributed by atoms with Gasteiger partial charge in [0.25, 0.3) is 11.8 Å². The van der Waals surface area contributed by atoms with E-state index in [1.807, 2.05) is 91.0 Å². The van der Waals surface area contributed by atoms with Gasteiger partial charge in [0.05, 0.1) is 0 Å². The SMILES string of the molecule is O=C(CCCCCCCCCCC(CCCCCCCCCCC(=O)ON1C(=O)CCC1=O)(C(=O)OCc1ccccc1)C(=O)OCc1ccccc1)OCc1ccccc1. The van der Waals surface area contributed by atoms with Gasteiger partial charge in [-0.3, -0.25) is 24.0 Å². The molecule has 0 radical (unpaired) electrons. The second-order valence-corrected chi connectivity index (χ2v) is 16.1. The molecule has 0 saturated carbocycles. The molecule has 1 aliphatic rings. The summed E-state index contributed by atoms with van der Waals surface area (Å²) in [6.45, 7) is 0.452. The van der Waals surface area contributed by atoms with Crippen molar-refractivity contribution in [2.45, 2.75) is 161 Å². The van der Waals surface area contributed by atoms with Crippen LogP contribution in [0, 0.1) is 5.41 Å². The van der Waals surface area contributed by atoms with Crippen LogP contribution in [0.15, 0.2) is 91.0 Å². The Morgan fingerprint density at radius 3 is 1.15 bits per heavy atom. The molecular formula is C50H65NO10. The standard InChI is InChI=1S/C50H65NO10/c52-44-34-35-45(53)51(44)61-47(55)33-23-10-6-2-4-8-12-25-37-50(48(56)59-39-42-28-18-14-19-29-42,49(57)60-40-43-30-20-15-21-31-43)36-24-11-7-3-1-5-9-22-32-46(54)58-38-41-26-16-13-17-27-41/h13-21,26-31H,1-12,22-25,32-40H2. The lowest BCUT2D eigenvalue weighted by molar-refractivity contribution is -0.197. The molecule has 11 nitrogen and oxygen atoms in total. The number of ether oxygens (including phenoxy) is 3. The summed E-state index contributed by atoms with van der Waals surface area (Å²) in [5, 5.41) is 0.589. The topological polar surface area (TPSA) is 143 Å². The molecular weight excluding hydrogens is 775 g/mol. The van der Waals surface area contributed by atoms with E-state index in [2.05, 4.69) is 0 Å². The van der Waals surface area contributed by atoms with Crippen LogP contribution in [-0.2, 0) is 67.6 Å². The van der Waals surface area contributed by atoms with Gasteiger partial charge >= 0.3 is 23.9 Å². The van der Waals surface area contributed by atoms with Gasteiger partial charge in [-0.2, -0.15) is 0 Å². The van der Waals surface area contributed by atoms with Crippen LogP contribution < -0.4 is 0 Å². The molecule has 2 amide bonds. The molecule has 3 aromatic carbocycles. The summed E-state index contributed by atoms with van der Waals surface area (Å²) in [7, 11) is 0. The maximum atomic E-state index is 14.1. The van der Waals surface area contributed by atoms with Crippen LogP contribution >= 0.6 is 0 Å². The number of unbranched alkanes of at least 4 members (excludes halogenated alkanes) is 14. The number of benzene rings is 3. The van der Waals surface area contributed by atoms with E-state index >= 15 is 0 Å². The molecule has 0 atom stereocenters. The van der Waals surface area contributed by atoms with E-state index in [1.165, 1.54) is 0 Å². The third kappa shape index (κ3) is 18.5. The highest BCUT2D eigenvalue weighted by atomic mass is 16.7. The Kier molecular flexibility index (Phi) is 22.4. The molecule has 0 spiro atoms. The first-order valence-electron chi connectivity index (χ1n) is 22.5. The third-order valence-corrected chi connectivity index (χ3v) is 11.1. The van der Waals surface area contributed by atoms with E-state index in [0.717, 1.165) is 100 Å². The van der Waals surface area contributed by atoms with Crippen LogP contribution in [0.5, 0.6) is 0 Å². The summed E-state index contributed by atoms with van der Waals surface area (Å²) in [6.07, 6.45) is 15.6. The van der Waals surface area contributed by atoms with Crippen LogP contribution in [-0.4, -0.2) is 40.8 Å². The summed E-state index contributed by atoms with van der Waals surface area (Å²) < 4.78 is 17.2. The Morgan fingerprint density at radius 1 is 0.426 bits per heavy atom. The first-order valence-corrected chi connectivity index (χ1v) is 22.5. The minimum absolute atomic E-state index is 0.0738.